The van der Waals surface area contributed by atoms with E-state index in [9.17, 15) is 0 Å². The first-order valence-electron chi connectivity index (χ1n) is 3.74. The summed E-state index contributed by atoms with van der Waals surface area (Å²) < 4.78 is 1.80. The summed E-state index contributed by atoms with van der Waals surface area (Å²) in [5.41, 5.74) is 0. The number of rotatable bonds is 1. The van der Waals surface area contributed by atoms with Crippen LogP contribution in [0.15, 0.2) is 24.3 Å². The van der Waals surface area contributed by atoms with E-state index in [1.54, 1.807) is 0 Å². The van der Waals surface area contributed by atoms with Crippen molar-refractivity contribution in [3.8, 4) is 0 Å². The van der Waals surface area contributed by atoms with Gasteiger partial charge in [0, 0.05) is 0 Å². The molecule has 0 aliphatic carbocycles. The average Bonchev–Trinajstić information content (AvgIpc) is 1.85. The summed E-state index contributed by atoms with van der Waals surface area (Å²) in [6.45, 7) is 6.82. The Hall–Kier alpha value is -0.261. The summed E-state index contributed by atoms with van der Waals surface area (Å²) >= 11 is 0.550. The second-order valence-electron chi connectivity index (χ2n) is 3.44. The Labute approximate surface area is 75.2 Å². The molecule has 0 aliphatic rings. The first-order valence-corrected chi connectivity index (χ1v) is 5.45. The number of hydrogen-bond acceptors (Lipinski definition) is 0. The SMILES string of the molecule is CC(C)(C)[Se]c1[c]cccc1. The Morgan fingerprint density at radius 1 is 1.27 bits per heavy atom. The van der Waals surface area contributed by atoms with Crippen LogP contribution in [0.4, 0.5) is 0 Å². The Kier molecular flexibility index (Phi) is 2.75. The summed E-state index contributed by atoms with van der Waals surface area (Å²) in [6.07, 6.45) is 0. The Balaban J connectivity index is 2.66. The molecule has 1 aromatic carbocycles. The van der Waals surface area contributed by atoms with Gasteiger partial charge < -0.3 is 0 Å². The molecular formula is C10H13Se. The molecule has 1 aromatic rings. The number of benzene rings is 1. The third-order valence-corrected chi connectivity index (χ3v) is 3.38. The van der Waals surface area contributed by atoms with Crippen LogP contribution in [0.2, 0.25) is 4.31 Å². The molecule has 0 bridgehead atoms. The van der Waals surface area contributed by atoms with Gasteiger partial charge in [-0.15, -0.1) is 0 Å². The Morgan fingerprint density at radius 2 is 2.00 bits per heavy atom. The van der Waals surface area contributed by atoms with E-state index < -0.39 is 0 Å². The van der Waals surface area contributed by atoms with E-state index in [0.29, 0.717) is 19.3 Å². The van der Waals surface area contributed by atoms with Crippen molar-refractivity contribution in [3.05, 3.63) is 30.3 Å². The quantitative estimate of drug-likeness (QED) is 0.625. The molecule has 0 unspecified atom stereocenters. The fourth-order valence-corrected chi connectivity index (χ4v) is 2.73. The predicted molar refractivity (Wildman–Crippen MR) is 50.4 cm³/mol. The monoisotopic (exact) mass is 213 g/mol. The van der Waals surface area contributed by atoms with Crippen molar-refractivity contribution in [1.29, 1.82) is 0 Å². The van der Waals surface area contributed by atoms with Crippen molar-refractivity contribution in [2.24, 2.45) is 0 Å². The normalized spacial score (nSPS) is 11.5. The van der Waals surface area contributed by atoms with Crippen LogP contribution in [0, 0.1) is 6.07 Å². The molecule has 0 heterocycles. The zero-order chi connectivity index (χ0) is 8.32. The van der Waals surface area contributed by atoms with Gasteiger partial charge in [-0.25, -0.2) is 0 Å². The predicted octanol–water partition coefficient (Wildman–Crippen LogP) is 2.03. The average molecular weight is 212 g/mol. The molecule has 0 amide bonds. The summed E-state index contributed by atoms with van der Waals surface area (Å²) in [4.78, 5) is 0. The Bertz CT molecular complexity index is 208. The van der Waals surface area contributed by atoms with Crippen molar-refractivity contribution in [2.45, 2.75) is 25.1 Å². The molecule has 0 spiro atoms. The van der Waals surface area contributed by atoms with Crippen molar-refractivity contribution in [3.63, 3.8) is 0 Å². The molecule has 0 N–H and O–H groups in total. The third kappa shape index (κ3) is 3.59. The summed E-state index contributed by atoms with van der Waals surface area (Å²) in [5, 5.41) is 0. The van der Waals surface area contributed by atoms with Crippen LogP contribution in [0.1, 0.15) is 20.8 Å². The minimum atomic E-state index is 0.435. The topological polar surface area (TPSA) is 0 Å². The maximum absolute atomic E-state index is 3.25. The molecule has 0 aliphatic heterocycles. The van der Waals surface area contributed by atoms with Crippen LogP contribution >= 0.6 is 0 Å². The summed E-state index contributed by atoms with van der Waals surface area (Å²) in [5.74, 6) is 0. The molecule has 0 saturated carbocycles. The van der Waals surface area contributed by atoms with Gasteiger partial charge in [0.15, 0.2) is 0 Å². The van der Waals surface area contributed by atoms with Gasteiger partial charge in [0.05, 0.1) is 0 Å². The zero-order valence-electron chi connectivity index (χ0n) is 7.22. The molecule has 0 aromatic heterocycles. The van der Waals surface area contributed by atoms with Crippen LogP contribution < -0.4 is 4.46 Å². The van der Waals surface area contributed by atoms with E-state index in [2.05, 4.69) is 39.0 Å². The molecule has 1 radical (unpaired) electrons. The molecule has 0 atom stereocenters. The number of hydrogen-bond donors (Lipinski definition) is 0. The fourth-order valence-electron chi connectivity index (χ4n) is 0.770. The van der Waals surface area contributed by atoms with Crippen molar-refractivity contribution < 1.29 is 0 Å². The van der Waals surface area contributed by atoms with E-state index in [1.165, 1.54) is 4.46 Å². The first kappa shape index (κ1) is 8.83. The molecule has 59 valence electrons. The standard InChI is InChI=1S/C10H13Se/c1-10(2,3)11-9-7-5-4-6-8-9/h4-7H,1-3H3. The van der Waals surface area contributed by atoms with Crippen LogP contribution in [0.25, 0.3) is 0 Å². The molecular weight excluding hydrogens is 199 g/mol. The second kappa shape index (κ2) is 3.42. The second-order valence-corrected chi connectivity index (χ2v) is 7.36. The molecule has 1 heteroatoms. The van der Waals surface area contributed by atoms with Gasteiger partial charge in [-0.2, -0.15) is 0 Å². The minimum absolute atomic E-state index is 0.435. The molecule has 11 heavy (non-hydrogen) atoms. The van der Waals surface area contributed by atoms with Gasteiger partial charge in [-0.05, 0) is 0 Å². The van der Waals surface area contributed by atoms with Crippen LogP contribution in [0.3, 0.4) is 0 Å². The van der Waals surface area contributed by atoms with Crippen molar-refractivity contribution >= 4 is 19.4 Å². The maximum atomic E-state index is 3.25. The van der Waals surface area contributed by atoms with Gasteiger partial charge >= 0.3 is 74.8 Å². The third-order valence-electron chi connectivity index (χ3n) is 1.10. The van der Waals surface area contributed by atoms with E-state index in [0.717, 1.165) is 0 Å². The van der Waals surface area contributed by atoms with Gasteiger partial charge in [0.25, 0.3) is 0 Å². The summed E-state index contributed by atoms with van der Waals surface area (Å²) in [6, 6.07) is 11.5. The molecule has 0 fully saturated rings. The van der Waals surface area contributed by atoms with Gasteiger partial charge in [-0.3, -0.25) is 0 Å². The van der Waals surface area contributed by atoms with Crippen molar-refractivity contribution in [1.82, 2.24) is 0 Å². The molecule has 1 rings (SSSR count). The fraction of sp³-hybridized carbons (Fsp3) is 0.400. The van der Waals surface area contributed by atoms with Gasteiger partial charge in [-0.1, -0.05) is 0 Å². The van der Waals surface area contributed by atoms with Crippen LogP contribution in [-0.2, 0) is 0 Å². The van der Waals surface area contributed by atoms with Gasteiger partial charge in [0.1, 0.15) is 0 Å². The molecule has 0 nitrogen and oxygen atoms in total. The summed E-state index contributed by atoms with van der Waals surface area (Å²) in [7, 11) is 0. The van der Waals surface area contributed by atoms with Crippen LogP contribution in [0.5, 0.6) is 0 Å². The van der Waals surface area contributed by atoms with E-state index >= 15 is 0 Å². The first-order chi connectivity index (χ1) is 5.08. The van der Waals surface area contributed by atoms with E-state index in [4.69, 9.17) is 0 Å². The Morgan fingerprint density at radius 3 is 2.45 bits per heavy atom. The zero-order valence-corrected chi connectivity index (χ0v) is 8.93. The van der Waals surface area contributed by atoms with Crippen LogP contribution in [-0.4, -0.2) is 15.0 Å². The van der Waals surface area contributed by atoms with E-state index in [-0.39, 0.29) is 0 Å². The van der Waals surface area contributed by atoms with E-state index in [1.807, 2.05) is 12.1 Å². The molecule has 0 saturated heterocycles. The van der Waals surface area contributed by atoms with Crippen molar-refractivity contribution in [2.75, 3.05) is 0 Å². The van der Waals surface area contributed by atoms with Gasteiger partial charge in [0.2, 0.25) is 0 Å².